The molecule has 1 aromatic carbocycles. The largest absolute Gasteiger partial charge is 0.493 e. The van der Waals surface area contributed by atoms with Gasteiger partial charge in [0.2, 0.25) is 17.5 Å². The highest BCUT2D eigenvalue weighted by molar-refractivity contribution is 7.99. The maximum Gasteiger partial charge on any atom is 0.277 e. The monoisotopic (exact) mass is 325 g/mol. The van der Waals surface area contributed by atoms with Gasteiger partial charge in [-0.2, -0.15) is 0 Å². The number of carbonyl (C=O) groups excluding carboxylic acids is 1. The molecule has 0 spiro atoms. The molecule has 0 atom stereocenters. The van der Waals surface area contributed by atoms with Crippen molar-refractivity contribution in [1.82, 2.24) is 10.2 Å². The maximum absolute atomic E-state index is 10.8. The van der Waals surface area contributed by atoms with Gasteiger partial charge < -0.3 is 24.4 Å². The van der Waals surface area contributed by atoms with Crippen LogP contribution >= 0.6 is 11.8 Å². The van der Waals surface area contributed by atoms with Gasteiger partial charge in [0, 0.05) is 5.56 Å². The Morgan fingerprint density at radius 1 is 1.18 bits per heavy atom. The summed E-state index contributed by atoms with van der Waals surface area (Å²) < 4.78 is 21.3. The molecular weight excluding hydrogens is 310 g/mol. The van der Waals surface area contributed by atoms with Gasteiger partial charge in [0.05, 0.1) is 27.1 Å². The van der Waals surface area contributed by atoms with Gasteiger partial charge in [0.15, 0.2) is 11.5 Å². The van der Waals surface area contributed by atoms with Crippen LogP contribution in [-0.4, -0.2) is 43.2 Å². The molecule has 0 aliphatic rings. The summed E-state index contributed by atoms with van der Waals surface area (Å²) in [5.41, 5.74) is 5.67. The molecule has 0 aliphatic heterocycles. The third kappa shape index (κ3) is 3.42. The Balaban J connectivity index is 2.34. The van der Waals surface area contributed by atoms with Crippen molar-refractivity contribution >= 4 is 17.7 Å². The Hall–Kier alpha value is -2.42. The van der Waals surface area contributed by atoms with Gasteiger partial charge in [0.1, 0.15) is 0 Å². The van der Waals surface area contributed by atoms with E-state index in [0.29, 0.717) is 22.8 Å². The number of rotatable bonds is 7. The first-order valence-electron chi connectivity index (χ1n) is 6.14. The highest BCUT2D eigenvalue weighted by Gasteiger charge is 2.17. The maximum atomic E-state index is 10.8. The van der Waals surface area contributed by atoms with Crippen molar-refractivity contribution in [3.63, 3.8) is 0 Å². The molecule has 118 valence electrons. The van der Waals surface area contributed by atoms with Crippen LogP contribution in [0.3, 0.4) is 0 Å². The molecule has 0 saturated carbocycles. The lowest BCUT2D eigenvalue weighted by Gasteiger charge is -2.12. The van der Waals surface area contributed by atoms with Gasteiger partial charge in [-0.1, -0.05) is 11.8 Å². The standard InChI is InChI=1S/C13H15N3O5S/c1-18-8-4-7(5-9(19-2)11(8)20-3)12-15-16-13(21-12)22-6-10(14)17/h4-5H,6H2,1-3H3,(H2,14,17). The SMILES string of the molecule is COc1cc(-c2nnc(SCC(N)=O)o2)cc(OC)c1OC. The molecule has 1 heterocycles. The molecule has 0 bridgehead atoms. The van der Waals surface area contributed by atoms with Crippen LogP contribution in [0.25, 0.3) is 11.5 Å². The second-order valence-electron chi connectivity index (χ2n) is 4.04. The average Bonchev–Trinajstić information content (AvgIpc) is 3.00. The number of ether oxygens (including phenoxy) is 3. The quantitative estimate of drug-likeness (QED) is 0.759. The lowest BCUT2D eigenvalue weighted by molar-refractivity contribution is -0.115. The van der Waals surface area contributed by atoms with Crippen LogP contribution in [0.1, 0.15) is 0 Å². The molecule has 0 saturated heterocycles. The van der Waals surface area contributed by atoms with Crippen molar-refractivity contribution in [2.24, 2.45) is 5.73 Å². The van der Waals surface area contributed by atoms with Crippen LogP contribution in [0.5, 0.6) is 17.2 Å². The fourth-order valence-corrected chi connectivity index (χ4v) is 2.22. The van der Waals surface area contributed by atoms with E-state index in [-0.39, 0.29) is 16.9 Å². The topological polar surface area (TPSA) is 110 Å². The lowest BCUT2D eigenvalue weighted by atomic mass is 10.2. The molecule has 2 aromatic rings. The number of benzene rings is 1. The minimum atomic E-state index is -0.461. The zero-order chi connectivity index (χ0) is 16.1. The van der Waals surface area contributed by atoms with Crippen LogP contribution in [0.2, 0.25) is 0 Å². The second kappa shape index (κ2) is 7.03. The number of carbonyl (C=O) groups is 1. The van der Waals surface area contributed by atoms with Crippen LogP contribution in [0.4, 0.5) is 0 Å². The summed E-state index contributed by atoms with van der Waals surface area (Å²) in [5.74, 6) is 1.29. The molecule has 0 fully saturated rings. The summed E-state index contributed by atoms with van der Waals surface area (Å²) in [7, 11) is 4.55. The fraction of sp³-hybridized carbons (Fsp3) is 0.308. The predicted octanol–water partition coefficient (Wildman–Crippen LogP) is 1.34. The van der Waals surface area contributed by atoms with E-state index in [1.807, 2.05) is 0 Å². The van der Waals surface area contributed by atoms with Gasteiger partial charge in [0.25, 0.3) is 5.22 Å². The summed E-state index contributed by atoms with van der Waals surface area (Å²) in [5, 5.41) is 8.03. The molecule has 9 heteroatoms. The van der Waals surface area contributed by atoms with Crippen molar-refractivity contribution in [2.75, 3.05) is 27.1 Å². The summed E-state index contributed by atoms with van der Waals surface area (Å²) in [6.07, 6.45) is 0. The summed E-state index contributed by atoms with van der Waals surface area (Å²) in [4.78, 5) is 10.8. The number of nitrogens with zero attached hydrogens (tertiary/aromatic N) is 2. The number of amides is 1. The number of hydrogen-bond donors (Lipinski definition) is 1. The first kappa shape index (κ1) is 16.0. The molecule has 22 heavy (non-hydrogen) atoms. The molecule has 1 aromatic heterocycles. The molecular formula is C13H15N3O5S. The first-order chi connectivity index (χ1) is 10.6. The van der Waals surface area contributed by atoms with Crippen LogP contribution < -0.4 is 19.9 Å². The van der Waals surface area contributed by atoms with E-state index in [4.69, 9.17) is 24.4 Å². The fourth-order valence-electron chi connectivity index (χ4n) is 1.72. The average molecular weight is 325 g/mol. The zero-order valence-corrected chi connectivity index (χ0v) is 13.1. The van der Waals surface area contributed by atoms with E-state index in [1.54, 1.807) is 12.1 Å². The van der Waals surface area contributed by atoms with Crippen molar-refractivity contribution in [3.8, 4) is 28.7 Å². The zero-order valence-electron chi connectivity index (χ0n) is 12.3. The highest BCUT2D eigenvalue weighted by Crippen LogP contribution is 2.41. The van der Waals surface area contributed by atoms with E-state index in [0.717, 1.165) is 11.8 Å². The number of nitrogens with two attached hydrogens (primary N) is 1. The Labute approximate surface area is 130 Å². The smallest absolute Gasteiger partial charge is 0.277 e. The van der Waals surface area contributed by atoms with Crippen molar-refractivity contribution in [3.05, 3.63) is 12.1 Å². The van der Waals surface area contributed by atoms with Crippen molar-refractivity contribution in [2.45, 2.75) is 5.22 Å². The number of primary amides is 1. The van der Waals surface area contributed by atoms with Crippen molar-refractivity contribution in [1.29, 1.82) is 0 Å². The summed E-state index contributed by atoms with van der Waals surface area (Å²) in [6.45, 7) is 0. The third-order valence-corrected chi connectivity index (χ3v) is 3.50. The predicted molar refractivity (Wildman–Crippen MR) is 79.3 cm³/mol. The summed E-state index contributed by atoms with van der Waals surface area (Å²) >= 11 is 1.07. The van der Waals surface area contributed by atoms with Gasteiger partial charge in [-0.3, -0.25) is 4.79 Å². The molecule has 2 N–H and O–H groups in total. The number of aromatic nitrogens is 2. The lowest BCUT2D eigenvalue weighted by Crippen LogP contribution is -2.12. The minimum absolute atomic E-state index is 0.0664. The molecule has 2 rings (SSSR count). The van der Waals surface area contributed by atoms with Crippen LogP contribution in [-0.2, 0) is 4.79 Å². The molecule has 0 aliphatic carbocycles. The number of hydrogen-bond acceptors (Lipinski definition) is 8. The molecule has 8 nitrogen and oxygen atoms in total. The van der Waals surface area contributed by atoms with Crippen LogP contribution in [0.15, 0.2) is 21.8 Å². The normalized spacial score (nSPS) is 10.3. The Morgan fingerprint density at radius 3 is 2.32 bits per heavy atom. The molecule has 1 amide bonds. The van der Waals surface area contributed by atoms with Crippen LogP contribution in [0, 0.1) is 0 Å². The third-order valence-electron chi connectivity index (χ3n) is 2.66. The summed E-state index contributed by atoms with van der Waals surface area (Å²) in [6, 6.07) is 3.38. The Kier molecular flexibility index (Phi) is 5.10. The van der Waals surface area contributed by atoms with E-state index in [1.165, 1.54) is 21.3 Å². The van der Waals surface area contributed by atoms with E-state index in [9.17, 15) is 4.79 Å². The van der Waals surface area contributed by atoms with Gasteiger partial charge >= 0.3 is 0 Å². The molecule has 0 radical (unpaired) electrons. The van der Waals surface area contributed by atoms with E-state index in [2.05, 4.69) is 10.2 Å². The Morgan fingerprint density at radius 2 is 1.82 bits per heavy atom. The van der Waals surface area contributed by atoms with Gasteiger partial charge in [-0.25, -0.2) is 0 Å². The highest BCUT2D eigenvalue weighted by atomic mass is 32.2. The number of thioether (sulfide) groups is 1. The van der Waals surface area contributed by atoms with Gasteiger partial charge in [-0.05, 0) is 12.1 Å². The number of methoxy groups -OCH3 is 3. The van der Waals surface area contributed by atoms with Crippen molar-refractivity contribution < 1.29 is 23.4 Å². The second-order valence-corrected chi connectivity index (χ2v) is 4.97. The molecule has 0 unspecified atom stereocenters. The van der Waals surface area contributed by atoms with E-state index < -0.39 is 5.91 Å². The minimum Gasteiger partial charge on any atom is -0.493 e. The van der Waals surface area contributed by atoms with E-state index >= 15 is 0 Å². The van der Waals surface area contributed by atoms with Gasteiger partial charge in [-0.15, -0.1) is 10.2 Å². The Bertz CT molecular complexity index is 648. The first-order valence-corrected chi connectivity index (χ1v) is 7.12.